The molecule has 23 heavy (non-hydrogen) atoms. The van der Waals surface area contributed by atoms with Crippen molar-refractivity contribution in [2.24, 2.45) is 0 Å². The standard InChI is InChI=1S/C16H21N3O4/c1-19-7-5-6-11(19)16-17-15(18-23-16)10-8-12(20-2)14(22-4)13(9-10)21-3/h8-9,11H,5-7H2,1-4H3/t11-/m0/s1. The van der Waals surface area contributed by atoms with E-state index < -0.39 is 0 Å². The summed E-state index contributed by atoms with van der Waals surface area (Å²) in [7, 11) is 6.80. The Morgan fingerprint density at radius 1 is 1.13 bits per heavy atom. The van der Waals surface area contributed by atoms with Crippen LogP contribution in [0.25, 0.3) is 11.4 Å². The van der Waals surface area contributed by atoms with E-state index in [9.17, 15) is 0 Å². The highest BCUT2D eigenvalue weighted by atomic mass is 16.5. The summed E-state index contributed by atoms with van der Waals surface area (Å²) in [4.78, 5) is 6.78. The Morgan fingerprint density at radius 2 is 1.83 bits per heavy atom. The number of nitrogens with zero attached hydrogens (tertiary/aromatic N) is 3. The fraction of sp³-hybridized carbons (Fsp3) is 0.500. The molecule has 1 atom stereocenters. The number of ether oxygens (including phenoxy) is 3. The third-order valence-corrected chi connectivity index (χ3v) is 4.17. The van der Waals surface area contributed by atoms with Gasteiger partial charge in [0.1, 0.15) is 0 Å². The topological polar surface area (TPSA) is 69.9 Å². The molecule has 0 saturated carbocycles. The molecule has 0 spiro atoms. The average molecular weight is 319 g/mol. The van der Waals surface area contributed by atoms with Gasteiger partial charge in [-0.3, -0.25) is 4.90 Å². The first-order valence-electron chi connectivity index (χ1n) is 7.52. The van der Waals surface area contributed by atoms with Gasteiger partial charge in [-0.2, -0.15) is 4.98 Å². The van der Waals surface area contributed by atoms with Gasteiger partial charge in [0.05, 0.1) is 27.4 Å². The molecule has 0 N–H and O–H groups in total. The summed E-state index contributed by atoms with van der Waals surface area (Å²) >= 11 is 0. The zero-order valence-electron chi connectivity index (χ0n) is 13.8. The Kier molecular flexibility index (Phi) is 4.38. The molecule has 2 heterocycles. The van der Waals surface area contributed by atoms with Crippen LogP contribution < -0.4 is 14.2 Å². The van der Waals surface area contributed by atoms with Gasteiger partial charge in [0.25, 0.3) is 0 Å². The highest BCUT2D eigenvalue weighted by Gasteiger charge is 2.28. The lowest BCUT2D eigenvalue weighted by molar-refractivity contribution is 0.245. The zero-order chi connectivity index (χ0) is 16.4. The maximum absolute atomic E-state index is 5.46. The summed E-state index contributed by atoms with van der Waals surface area (Å²) in [5.74, 6) is 2.82. The maximum Gasteiger partial charge on any atom is 0.244 e. The summed E-state index contributed by atoms with van der Waals surface area (Å²) < 4.78 is 21.5. The summed E-state index contributed by atoms with van der Waals surface area (Å²) in [6.45, 7) is 1.05. The smallest absolute Gasteiger partial charge is 0.244 e. The molecule has 0 bridgehead atoms. The second-order valence-corrected chi connectivity index (χ2v) is 5.51. The number of hydrogen-bond acceptors (Lipinski definition) is 7. The largest absolute Gasteiger partial charge is 0.493 e. The Bertz CT molecular complexity index is 661. The van der Waals surface area contributed by atoms with Gasteiger partial charge in [-0.05, 0) is 38.6 Å². The summed E-state index contributed by atoms with van der Waals surface area (Å²) in [6, 6.07) is 3.82. The number of likely N-dealkylation sites (tertiary alicyclic amines) is 1. The maximum atomic E-state index is 5.46. The molecule has 1 fully saturated rings. The lowest BCUT2D eigenvalue weighted by Gasteiger charge is -2.14. The third kappa shape index (κ3) is 2.84. The van der Waals surface area contributed by atoms with Crippen molar-refractivity contribution in [2.75, 3.05) is 34.9 Å². The summed E-state index contributed by atoms with van der Waals surface area (Å²) in [6.07, 6.45) is 2.18. The van der Waals surface area contributed by atoms with Crippen molar-refractivity contribution in [3.8, 4) is 28.6 Å². The lowest BCUT2D eigenvalue weighted by atomic mass is 10.1. The number of rotatable bonds is 5. The number of aromatic nitrogens is 2. The van der Waals surface area contributed by atoms with Gasteiger partial charge in [0, 0.05) is 5.56 Å². The quantitative estimate of drug-likeness (QED) is 0.838. The normalized spacial score (nSPS) is 18.2. The fourth-order valence-electron chi connectivity index (χ4n) is 2.92. The predicted molar refractivity (Wildman–Crippen MR) is 84.0 cm³/mol. The van der Waals surface area contributed by atoms with Crippen LogP contribution in [0.5, 0.6) is 17.2 Å². The van der Waals surface area contributed by atoms with Crippen molar-refractivity contribution in [2.45, 2.75) is 18.9 Å². The predicted octanol–water partition coefficient (Wildman–Crippen LogP) is 2.53. The molecule has 1 aliphatic heterocycles. The van der Waals surface area contributed by atoms with Crippen LogP contribution in [0, 0.1) is 0 Å². The number of hydrogen-bond donors (Lipinski definition) is 0. The molecule has 7 nitrogen and oxygen atoms in total. The highest BCUT2D eigenvalue weighted by Crippen LogP contribution is 2.41. The zero-order valence-corrected chi connectivity index (χ0v) is 13.8. The van der Waals surface area contributed by atoms with Gasteiger partial charge >= 0.3 is 0 Å². The van der Waals surface area contributed by atoms with Gasteiger partial charge < -0.3 is 18.7 Å². The van der Waals surface area contributed by atoms with Crippen LogP contribution in [0.3, 0.4) is 0 Å². The van der Waals surface area contributed by atoms with Gasteiger partial charge in [0.2, 0.25) is 17.5 Å². The van der Waals surface area contributed by atoms with Crippen LogP contribution in [-0.2, 0) is 0 Å². The van der Waals surface area contributed by atoms with Crippen molar-refractivity contribution in [3.05, 3.63) is 18.0 Å². The van der Waals surface area contributed by atoms with E-state index in [2.05, 4.69) is 22.1 Å². The Balaban J connectivity index is 1.97. The lowest BCUT2D eigenvalue weighted by Crippen LogP contribution is -2.17. The van der Waals surface area contributed by atoms with E-state index in [0.29, 0.717) is 29.0 Å². The first-order valence-corrected chi connectivity index (χ1v) is 7.52. The van der Waals surface area contributed by atoms with E-state index in [0.717, 1.165) is 24.9 Å². The Morgan fingerprint density at radius 3 is 2.35 bits per heavy atom. The first kappa shape index (κ1) is 15.6. The monoisotopic (exact) mass is 319 g/mol. The molecule has 1 aliphatic rings. The molecule has 1 aromatic carbocycles. The van der Waals surface area contributed by atoms with Crippen LogP contribution in [0.1, 0.15) is 24.8 Å². The van der Waals surface area contributed by atoms with Crippen molar-refractivity contribution in [1.29, 1.82) is 0 Å². The molecule has 3 rings (SSSR count). The molecule has 0 aliphatic carbocycles. The minimum atomic E-state index is 0.193. The molecular formula is C16H21N3O4. The average Bonchev–Trinajstić information content (AvgIpc) is 3.21. The molecule has 1 saturated heterocycles. The minimum Gasteiger partial charge on any atom is -0.493 e. The van der Waals surface area contributed by atoms with E-state index in [1.54, 1.807) is 21.3 Å². The van der Waals surface area contributed by atoms with Gasteiger partial charge in [-0.25, -0.2) is 0 Å². The SMILES string of the molecule is COc1cc(-c2noc([C@@H]3CCCN3C)n2)cc(OC)c1OC. The molecule has 0 radical (unpaired) electrons. The van der Waals surface area contributed by atoms with Crippen LogP contribution in [0.15, 0.2) is 16.7 Å². The summed E-state index contributed by atoms with van der Waals surface area (Å²) in [5, 5.41) is 4.11. The van der Waals surface area contributed by atoms with Crippen molar-refractivity contribution < 1.29 is 18.7 Å². The minimum absolute atomic E-state index is 0.193. The Labute approximate surface area is 135 Å². The molecular weight excluding hydrogens is 298 g/mol. The van der Waals surface area contributed by atoms with Crippen LogP contribution in [-0.4, -0.2) is 50.0 Å². The van der Waals surface area contributed by atoms with Crippen LogP contribution in [0.4, 0.5) is 0 Å². The molecule has 7 heteroatoms. The van der Waals surface area contributed by atoms with E-state index in [-0.39, 0.29) is 6.04 Å². The first-order chi connectivity index (χ1) is 11.2. The summed E-state index contributed by atoms with van der Waals surface area (Å²) in [5.41, 5.74) is 0.759. The molecule has 0 unspecified atom stereocenters. The molecule has 1 aromatic heterocycles. The van der Waals surface area contributed by atoms with Crippen molar-refractivity contribution in [3.63, 3.8) is 0 Å². The fourth-order valence-corrected chi connectivity index (χ4v) is 2.92. The van der Waals surface area contributed by atoms with Gasteiger partial charge in [0.15, 0.2) is 11.5 Å². The van der Waals surface area contributed by atoms with E-state index in [1.807, 2.05) is 12.1 Å². The highest BCUT2D eigenvalue weighted by molar-refractivity contribution is 5.66. The molecule has 0 amide bonds. The van der Waals surface area contributed by atoms with E-state index >= 15 is 0 Å². The van der Waals surface area contributed by atoms with Crippen LogP contribution >= 0.6 is 0 Å². The van der Waals surface area contributed by atoms with Gasteiger partial charge in [-0.1, -0.05) is 5.16 Å². The van der Waals surface area contributed by atoms with Crippen molar-refractivity contribution >= 4 is 0 Å². The second kappa shape index (κ2) is 6.45. The number of methoxy groups -OCH3 is 3. The molecule has 2 aromatic rings. The van der Waals surface area contributed by atoms with Crippen molar-refractivity contribution in [1.82, 2.24) is 15.0 Å². The molecule has 124 valence electrons. The third-order valence-electron chi connectivity index (χ3n) is 4.17. The van der Waals surface area contributed by atoms with Gasteiger partial charge in [-0.15, -0.1) is 0 Å². The van der Waals surface area contributed by atoms with Crippen LogP contribution in [0.2, 0.25) is 0 Å². The van der Waals surface area contributed by atoms with E-state index in [1.165, 1.54) is 0 Å². The second-order valence-electron chi connectivity index (χ2n) is 5.51. The van der Waals surface area contributed by atoms with E-state index in [4.69, 9.17) is 18.7 Å². The Hall–Kier alpha value is -2.28. The number of benzene rings is 1.